The van der Waals surface area contributed by atoms with Crippen molar-refractivity contribution in [2.24, 2.45) is 28.6 Å². The zero-order valence-electron chi connectivity index (χ0n) is 12.6. The van der Waals surface area contributed by atoms with Gasteiger partial charge in [0.05, 0.1) is 0 Å². The van der Waals surface area contributed by atoms with Gasteiger partial charge in [-0.1, -0.05) is 11.6 Å². The van der Waals surface area contributed by atoms with Crippen LogP contribution in [-0.4, -0.2) is 34.5 Å². The first-order valence-electron chi connectivity index (χ1n) is 7.77. The van der Waals surface area contributed by atoms with E-state index < -0.39 is 0 Å². The van der Waals surface area contributed by atoms with Crippen molar-refractivity contribution >= 4 is 5.84 Å². The Morgan fingerprint density at radius 3 is 3.00 bits per heavy atom. The van der Waals surface area contributed by atoms with E-state index in [0.717, 1.165) is 29.9 Å². The van der Waals surface area contributed by atoms with Gasteiger partial charge in [0, 0.05) is 19.3 Å². The molecule has 5 nitrogen and oxygen atoms in total. The van der Waals surface area contributed by atoms with Crippen molar-refractivity contribution in [3.05, 3.63) is 29.6 Å². The van der Waals surface area contributed by atoms with Crippen LogP contribution in [-0.2, 0) is 6.54 Å². The van der Waals surface area contributed by atoms with Gasteiger partial charge < -0.3 is 15.8 Å². The summed E-state index contributed by atoms with van der Waals surface area (Å²) in [6.45, 7) is 2.05. The van der Waals surface area contributed by atoms with Gasteiger partial charge in [-0.15, -0.1) is 0 Å². The van der Waals surface area contributed by atoms with Crippen molar-refractivity contribution in [3.8, 4) is 0 Å². The maximum absolute atomic E-state index is 8.72. The fourth-order valence-electron chi connectivity index (χ4n) is 4.14. The minimum Gasteiger partial charge on any atom is -0.409 e. The van der Waals surface area contributed by atoms with Gasteiger partial charge in [-0.2, -0.15) is 0 Å². The number of hydrogen-bond acceptors (Lipinski definition) is 4. The van der Waals surface area contributed by atoms with Crippen molar-refractivity contribution in [2.45, 2.75) is 32.2 Å². The zero-order valence-corrected chi connectivity index (χ0v) is 12.6. The van der Waals surface area contributed by atoms with Crippen LogP contribution in [0.5, 0.6) is 0 Å². The molecular weight excluding hydrogens is 264 g/mol. The molecule has 3 rings (SSSR count). The first-order valence-corrected chi connectivity index (χ1v) is 7.77. The lowest BCUT2D eigenvalue weighted by Gasteiger charge is -2.27. The molecule has 2 fully saturated rings. The zero-order chi connectivity index (χ0) is 14.8. The Morgan fingerprint density at radius 1 is 1.48 bits per heavy atom. The SMILES string of the molecule is CN(Cc1ccnc(C(N)=NO)c1)CC1CC2CCC1C2. The topological polar surface area (TPSA) is 74.7 Å². The Morgan fingerprint density at radius 2 is 2.33 bits per heavy atom. The van der Waals surface area contributed by atoms with Gasteiger partial charge in [-0.3, -0.25) is 4.98 Å². The molecule has 2 bridgehead atoms. The summed E-state index contributed by atoms with van der Waals surface area (Å²) in [6, 6.07) is 3.89. The fraction of sp³-hybridized carbons (Fsp3) is 0.625. The number of nitrogens with zero attached hydrogens (tertiary/aromatic N) is 3. The Balaban J connectivity index is 1.58. The number of aromatic nitrogens is 1. The smallest absolute Gasteiger partial charge is 0.188 e. The lowest BCUT2D eigenvalue weighted by molar-refractivity contribution is 0.214. The van der Waals surface area contributed by atoms with Crippen LogP contribution in [0.4, 0.5) is 0 Å². The summed E-state index contributed by atoms with van der Waals surface area (Å²) in [5, 5.41) is 11.7. The number of nitrogens with two attached hydrogens (primary N) is 1. The van der Waals surface area contributed by atoms with Crippen molar-refractivity contribution in [1.82, 2.24) is 9.88 Å². The van der Waals surface area contributed by atoms with Gasteiger partial charge in [0.15, 0.2) is 5.84 Å². The predicted octanol–water partition coefficient (Wildman–Crippen LogP) is 2.04. The lowest BCUT2D eigenvalue weighted by Crippen LogP contribution is -2.28. The minimum absolute atomic E-state index is 0.0626. The highest BCUT2D eigenvalue weighted by Gasteiger charge is 2.39. The molecule has 0 saturated heterocycles. The summed E-state index contributed by atoms with van der Waals surface area (Å²) >= 11 is 0. The summed E-state index contributed by atoms with van der Waals surface area (Å²) in [5.41, 5.74) is 7.27. The van der Waals surface area contributed by atoms with Crippen LogP contribution in [0.25, 0.3) is 0 Å². The normalized spacial score (nSPS) is 28.5. The summed E-state index contributed by atoms with van der Waals surface area (Å²) in [7, 11) is 2.18. The van der Waals surface area contributed by atoms with E-state index in [0.29, 0.717) is 5.69 Å². The monoisotopic (exact) mass is 288 g/mol. The average Bonchev–Trinajstić information content (AvgIpc) is 3.09. The second kappa shape index (κ2) is 6.02. The second-order valence-electron chi connectivity index (χ2n) is 6.67. The third-order valence-corrected chi connectivity index (χ3v) is 5.08. The van der Waals surface area contributed by atoms with Crippen LogP contribution in [0.15, 0.2) is 23.5 Å². The Hall–Kier alpha value is -1.62. The molecule has 2 saturated carbocycles. The molecule has 0 amide bonds. The van der Waals surface area contributed by atoms with E-state index >= 15 is 0 Å². The Labute approximate surface area is 125 Å². The molecule has 21 heavy (non-hydrogen) atoms. The van der Waals surface area contributed by atoms with Crippen molar-refractivity contribution in [3.63, 3.8) is 0 Å². The molecule has 1 heterocycles. The van der Waals surface area contributed by atoms with Crippen molar-refractivity contribution in [2.75, 3.05) is 13.6 Å². The average molecular weight is 288 g/mol. The third kappa shape index (κ3) is 3.18. The van der Waals surface area contributed by atoms with Crippen molar-refractivity contribution < 1.29 is 5.21 Å². The molecule has 0 spiro atoms. The van der Waals surface area contributed by atoms with Gasteiger partial charge in [0.1, 0.15) is 5.69 Å². The summed E-state index contributed by atoms with van der Waals surface area (Å²) < 4.78 is 0. The number of amidine groups is 1. The Kier molecular flexibility index (Phi) is 4.10. The number of oxime groups is 1. The predicted molar refractivity (Wildman–Crippen MR) is 82.0 cm³/mol. The van der Waals surface area contributed by atoms with Gasteiger partial charge >= 0.3 is 0 Å². The van der Waals surface area contributed by atoms with Gasteiger partial charge in [-0.25, -0.2) is 0 Å². The molecule has 2 aliphatic rings. The standard InChI is InChI=1S/C16H24N4O/c1-20(10-14-7-11-2-3-13(14)6-11)9-12-4-5-18-15(8-12)16(17)19-21/h4-5,8,11,13-14,21H,2-3,6-7,9-10H2,1H3,(H2,17,19). The molecule has 1 aromatic heterocycles. The van der Waals surface area contributed by atoms with E-state index in [2.05, 4.69) is 22.1 Å². The van der Waals surface area contributed by atoms with Crippen molar-refractivity contribution in [1.29, 1.82) is 0 Å². The molecule has 3 atom stereocenters. The second-order valence-corrected chi connectivity index (χ2v) is 6.67. The van der Waals surface area contributed by atoms with Gasteiger partial charge in [0.2, 0.25) is 0 Å². The summed E-state index contributed by atoms with van der Waals surface area (Å²) in [4.78, 5) is 6.50. The van der Waals surface area contributed by atoms with Crippen LogP contribution in [0.3, 0.4) is 0 Å². The van der Waals surface area contributed by atoms with E-state index in [1.807, 2.05) is 12.1 Å². The maximum atomic E-state index is 8.72. The molecular formula is C16H24N4O. The molecule has 3 N–H and O–H groups in total. The fourth-order valence-corrected chi connectivity index (χ4v) is 4.14. The van der Waals surface area contributed by atoms with Crippen LogP contribution < -0.4 is 5.73 Å². The largest absolute Gasteiger partial charge is 0.409 e. The quantitative estimate of drug-likeness (QED) is 0.376. The summed E-state index contributed by atoms with van der Waals surface area (Å²) in [6.07, 6.45) is 7.49. The first kappa shape index (κ1) is 14.3. The minimum atomic E-state index is 0.0626. The first-order chi connectivity index (χ1) is 10.2. The molecule has 114 valence electrons. The van der Waals surface area contributed by atoms with E-state index in [1.54, 1.807) is 6.20 Å². The highest BCUT2D eigenvalue weighted by Crippen LogP contribution is 2.48. The molecule has 3 unspecified atom stereocenters. The van der Waals surface area contributed by atoms with Crippen LogP contribution in [0, 0.1) is 17.8 Å². The van der Waals surface area contributed by atoms with E-state index in [1.165, 1.54) is 32.2 Å². The highest BCUT2D eigenvalue weighted by atomic mass is 16.4. The summed E-state index contributed by atoms with van der Waals surface area (Å²) in [5.74, 6) is 2.90. The van der Waals surface area contributed by atoms with Gasteiger partial charge in [0.25, 0.3) is 0 Å². The molecule has 2 aliphatic carbocycles. The molecule has 0 aromatic carbocycles. The van der Waals surface area contributed by atoms with Crippen LogP contribution >= 0.6 is 0 Å². The number of fused-ring (bicyclic) bond motifs is 2. The molecule has 5 heteroatoms. The van der Waals surface area contributed by atoms with Gasteiger partial charge in [-0.05, 0) is 61.8 Å². The molecule has 0 aliphatic heterocycles. The van der Waals surface area contributed by atoms with E-state index in [9.17, 15) is 0 Å². The number of hydrogen-bond donors (Lipinski definition) is 2. The Bertz CT molecular complexity index is 531. The van der Waals surface area contributed by atoms with Crippen LogP contribution in [0.1, 0.15) is 36.9 Å². The molecule has 0 radical (unpaired) electrons. The maximum Gasteiger partial charge on any atom is 0.188 e. The van der Waals surface area contributed by atoms with E-state index in [4.69, 9.17) is 10.9 Å². The third-order valence-electron chi connectivity index (χ3n) is 5.08. The molecule has 1 aromatic rings. The van der Waals surface area contributed by atoms with Crippen LogP contribution in [0.2, 0.25) is 0 Å². The number of rotatable bonds is 5. The van der Waals surface area contributed by atoms with E-state index in [-0.39, 0.29) is 5.84 Å². The lowest BCUT2D eigenvalue weighted by atomic mass is 9.88. The highest BCUT2D eigenvalue weighted by molar-refractivity contribution is 5.95. The number of pyridine rings is 1.